The van der Waals surface area contributed by atoms with E-state index in [0.29, 0.717) is 0 Å². The van der Waals surface area contributed by atoms with Crippen molar-refractivity contribution in [1.29, 1.82) is 0 Å². The van der Waals surface area contributed by atoms with Gasteiger partial charge in [0.15, 0.2) is 6.29 Å². The maximum Gasteiger partial charge on any atom is 0.157 e. The van der Waals surface area contributed by atoms with Crippen LogP contribution in [0.3, 0.4) is 0 Å². The summed E-state index contributed by atoms with van der Waals surface area (Å²) in [6.07, 6.45) is 9.60. The van der Waals surface area contributed by atoms with Gasteiger partial charge in [-0.25, -0.2) is 0 Å². The van der Waals surface area contributed by atoms with Gasteiger partial charge in [0.05, 0.1) is 14.7 Å². The second-order valence-corrected chi connectivity index (χ2v) is 11.6. The fourth-order valence-electron chi connectivity index (χ4n) is 2.64. The molecule has 2 heterocycles. The molecule has 1 atom stereocenters. The Morgan fingerprint density at radius 2 is 2.20 bits per heavy atom. The van der Waals surface area contributed by atoms with E-state index in [4.69, 9.17) is 9.47 Å². The summed E-state index contributed by atoms with van der Waals surface area (Å²) < 4.78 is 11.4. The average Bonchev–Trinajstić information content (AvgIpc) is 2.44. The third-order valence-corrected chi connectivity index (χ3v) is 5.82. The van der Waals surface area contributed by atoms with Gasteiger partial charge >= 0.3 is 0 Å². The van der Waals surface area contributed by atoms with Gasteiger partial charge in [-0.2, -0.15) is 0 Å². The minimum Gasteiger partial charge on any atom is -0.353 e. The molecule has 0 bridgehead atoms. The van der Waals surface area contributed by atoms with Crippen molar-refractivity contribution in [3.8, 4) is 0 Å². The van der Waals surface area contributed by atoms with Crippen molar-refractivity contribution in [3.05, 3.63) is 24.0 Å². The molecule has 0 N–H and O–H groups in total. The number of rotatable bonds is 6. The predicted octanol–water partition coefficient (Wildman–Crippen LogP) is 3.10. The number of aromatic nitrogens is 1. The molecular weight excluding hydrogens is 266 g/mol. The van der Waals surface area contributed by atoms with Gasteiger partial charge in [0.1, 0.15) is 0 Å². The maximum absolute atomic E-state index is 5.80. The first kappa shape index (κ1) is 15.7. The normalized spacial score (nSPS) is 20.1. The topological polar surface area (TPSA) is 31.4 Å². The second kappa shape index (κ2) is 7.34. The molecule has 0 spiro atoms. The zero-order chi connectivity index (χ0) is 14.4. The zero-order valence-electron chi connectivity index (χ0n) is 13.0. The van der Waals surface area contributed by atoms with E-state index in [2.05, 4.69) is 36.9 Å². The summed E-state index contributed by atoms with van der Waals surface area (Å²) >= 11 is 0. The van der Waals surface area contributed by atoms with Crippen molar-refractivity contribution in [2.24, 2.45) is 0 Å². The van der Waals surface area contributed by atoms with Gasteiger partial charge in [-0.1, -0.05) is 19.6 Å². The van der Waals surface area contributed by atoms with E-state index in [1.807, 2.05) is 6.20 Å². The highest BCUT2D eigenvalue weighted by Crippen LogP contribution is 2.14. The first-order valence-electron chi connectivity index (χ1n) is 7.74. The van der Waals surface area contributed by atoms with Crippen LogP contribution in [-0.2, 0) is 15.9 Å². The zero-order valence-corrected chi connectivity index (χ0v) is 14.0. The molecule has 2 rings (SSSR count). The Labute approximate surface area is 123 Å². The van der Waals surface area contributed by atoms with E-state index in [-0.39, 0.29) is 6.29 Å². The van der Waals surface area contributed by atoms with E-state index < -0.39 is 8.07 Å². The van der Waals surface area contributed by atoms with Crippen molar-refractivity contribution < 1.29 is 9.47 Å². The Morgan fingerprint density at radius 1 is 1.35 bits per heavy atom. The van der Waals surface area contributed by atoms with Crippen LogP contribution in [0.15, 0.2) is 18.5 Å². The molecule has 1 unspecified atom stereocenters. The van der Waals surface area contributed by atoms with E-state index in [9.17, 15) is 0 Å². The van der Waals surface area contributed by atoms with Gasteiger partial charge in [0, 0.05) is 19.0 Å². The molecule has 0 saturated carbocycles. The van der Waals surface area contributed by atoms with Gasteiger partial charge in [0.25, 0.3) is 0 Å². The SMILES string of the molecule is C[Si](C)(C)c1cnccc1CCCOC1CCCCO1. The van der Waals surface area contributed by atoms with Crippen LogP contribution in [0.4, 0.5) is 0 Å². The first-order valence-corrected chi connectivity index (χ1v) is 11.2. The van der Waals surface area contributed by atoms with Crippen LogP contribution in [0.2, 0.25) is 19.6 Å². The second-order valence-electron chi connectivity index (χ2n) is 6.55. The Kier molecular flexibility index (Phi) is 5.75. The van der Waals surface area contributed by atoms with Crippen molar-refractivity contribution in [1.82, 2.24) is 4.98 Å². The number of hydrogen-bond donors (Lipinski definition) is 0. The summed E-state index contributed by atoms with van der Waals surface area (Å²) in [5, 5.41) is 1.48. The molecule has 3 nitrogen and oxygen atoms in total. The van der Waals surface area contributed by atoms with Gasteiger partial charge in [-0.3, -0.25) is 4.98 Å². The molecule has 20 heavy (non-hydrogen) atoms. The molecule has 1 aromatic heterocycles. The molecule has 1 aliphatic heterocycles. The average molecular weight is 293 g/mol. The highest BCUT2D eigenvalue weighted by molar-refractivity contribution is 6.89. The molecule has 1 saturated heterocycles. The number of pyridine rings is 1. The highest BCUT2D eigenvalue weighted by Gasteiger charge is 2.20. The number of nitrogens with zero attached hydrogens (tertiary/aromatic N) is 1. The summed E-state index contributed by atoms with van der Waals surface area (Å²) in [7, 11) is -1.30. The highest BCUT2D eigenvalue weighted by atomic mass is 28.3. The van der Waals surface area contributed by atoms with Crippen molar-refractivity contribution in [2.45, 2.75) is 58.0 Å². The van der Waals surface area contributed by atoms with Crippen LogP contribution in [0.25, 0.3) is 0 Å². The third kappa shape index (κ3) is 4.68. The summed E-state index contributed by atoms with van der Waals surface area (Å²) in [6.45, 7) is 8.77. The Balaban J connectivity index is 1.79. The lowest BCUT2D eigenvalue weighted by molar-refractivity contribution is -0.162. The van der Waals surface area contributed by atoms with E-state index in [1.165, 1.54) is 23.6 Å². The largest absolute Gasteiger partial charge is 0.353 e. The van der Waals surface area contributed by atoms with Crippen molar-refractivity contribution >= 4 is 13.3 Å². The van der Waals surface area contributed by atoms with Crippen LogP contribution in [0, 0.1) is 0 Å². The fourth-order valence-corrected chi connectivity index (χ4v) is 4.27. The third-order valence-electron chi connectivity index (χ3n) is 3.75. The quantitative estimate of drug-likeness (QED) is 0.596. The number of ether oxygens (including phenoxy) is 2. The molecular formula is C16H27NO2Si. The van der Waals surface area contributed by atoms with E-state index in [1.54, 1.807) is 0 Å². The maximum atomic E-state index is 5.80. The number of hydrogen-bond acceptors (Lipinski definition) is 3. The molecule has 112 valence electrons. The lowest BCUT2D eigenvalue weighted by atomic mass is 10.1. The van der Waals surface area contributed by atoms with Crippen LogP contribution in [0.5, 0.6) is 0 Å². The minimum atomic E-state index is -1.30. The monoisotopic (exact) mass is 293 g/mol. The van der Waals surface area contributed by atoms with Gasteiger partial charge < -0.3 is 9.47 Å². The predicted molar refractivity (Wildman–Crippen MR) is 85.1 cm³/mol. The molecule has 0 aliphatic carbocycles. The fraction of sp³-hybridized carbons (Fsp3) is 0.688. The van der Waals surface area contributed by atoms with E-state index >= 15 is 0 Å². The van der Waals surface area contributed by atoms with Crippen LogP contribution in [-0.4, -0.2) is 32.6 Å². The van der Waals surface area contributed by atoms with Crippen LogP contribution < -0.4 is 5.19 Å². The van der Waals surface area contributed by atoms with Crippen molar-refractivity contribution in [2.75, 3.05) is 13.2 Å². The van der Waals surface area contributed by atoms with Gasteiger partial charge in [-0.15, -0.1) is 0 Å². The molecule has 1 fully saturated rings. The smallest absolute Gasteiger partial charge is 0.157 e. The Morgan fingerprint density at radius 3 is 2.90 bits per heavy atom. The van der Waals surface area contributed by atoms with E-state index in [0.717, 1.165) is 32.5 Å². The van der Waals surface area contributed by atoms with Gasteiger partial charge in [0.2, 0.25) is 0 Å². The van der Waals surface area contributed by atoms with Crippen LogP contribution in [0.1, 0.15) is 31.2 Å². The summed E-state index contributed by atoms with van der Waals surface area (Å²) in [5.41, 5.74) is 1.45. The molecule has 1 aromatic rings. The Hall–Kier alpha value is -0.713. The summed E-state index contributed by atoms with van der Waals surface area (Å²) in [6, 6.07) is 2.17. The number of aryl methyl sites for hydroxylation is 1. The lowest BCUT2D eigenvalue weighted by Crippen LogP contribution is -2.40. The standard InChI is InChI=1S/C16H27NO2Si/c1-20(2,3)15-13-17-10-9-14(15)7-6-12-19-16-8-4-5-11-18-16/h9-10,13,16H,4-8,11-12H2,1-3H3. The lowest BCUT2D eigenvalue weighted by Gasteiger charge is -2.23. The van der Waals surface area contributed by atoms with Crippen LogP contribution >= 0.6 is 0 Å². The summed E-state index contributed by atoms with van der Waals surface area (Å²) in [4.78, 5) is 4.30. The Bertz CT molecular complexity index is 411. The minimum absolute atomic E-state index is 0.0395. The van der Waals surface area contributed by atoms with Crippen molar-refractivity contribution in [3.63, 3.8) is 0 Å². The summed E-state index contributed by atoms with van der Waals surface area (Å²) in [5.74, 6) is 0. The molecule has 0 radical (unpaired) electrons. The molecule has 1 aliphatic rings. The van der Waals surface area contributed by atoms with Gasteiger partial charge in [-0.05, 0) is 48.9 Å². The first-order chi connectivity index (χ1) is 9.57. The molecule has 4 heteroatoms. The molecule has 0 aromatic carbocycles. The molecule has 0 amide bonds.